The lowest BCUT2D eigenvalue weighted by atomic mass is 9.94. The zero-order valence-electron chi connectivity index (χ0n) is 17.1. The van der Waals surface area contributed by atoms with E-state index in [1.165, 1.54) is 50.3 Å². The fourth-order valence-corrected chi connectivity index (χ4v) is 5.00. The highest BCUT2D eigenvalue weighted by Gasteiger charge is 2.39. The molecular weight excluding hydrogens is 358 g/mol. The molecular formula is C20H35N5OS. The molecule has 0 radical (unpaired) electrons. The minimum Gasteiger partial charge on any atom is -0.359 e. The van der Waals surface area contributed by atoms with Crippen LogP contribution in [0.2, 0.25) is 0 Å². The topological polar surface area (TPSA) is 65.7 Å². The first-order valence-corrected chi connectivity index (χ1v) is 11.6. The zero-order chi connectivity index (χ0) is 19.1. The second-order valence-corrected chi connectivity index (χ2v) is 9.18. The fraction of sp³-hybridized carbons (Fsp3) is 0.800. The molecule has 2 heterocycles. The first-order valence-electron chi connectivity index (χ1n) is 10.4. The van der Waals surface area contributed by atoms with Crippen molar-refractivity contribution in [3.05, 3.63) is 17.5 Å². The van der Waals surface area contributed by atoms with Gasteiger partial charge in [0, 0.05) is 49.3 Å². The molecule has 6 nitrogen and oxygen atoms in total. The smallest absolute Gasteiger partial charge is 0.191 e. The number of hydrogen-bond acceptors (Lipinski definition) is 5. The largest absolute Gasteiger partial charge is 0.359 e. The highest BCUT2D eigenvalue weighted by atomic mass is 32.2. The van der Waals surface area contributed by atoms with Crippen molar-refractivity contribution in [1.29, 1.82) is 0 Å². The Hall–Kier alpha value is -1.21. The van der Waals surface area contributed by atoms with Crippen molar-refractivity contribution in [3.63, 3.8) is 0 Å². The minimum atomic E-state index is 0.300. The van der Waals surface area contributed by atoms with Gasteiger partial charge in [-0.25, -0.2) is 4.99 Å². The number of guanidine groups is 1. The van der Waals surface area contributed by atoms with E-state index in [0.29, 0.717) is 18.0 Å². The van der Waals surface area contributed by atoms with Crippen molar-refractivity contribution < 1.29 is 4.52 Å². The first-order chi connectivity index (χ1) is 13.1. The van der Waals surface area contributed by atoms with Gasteiger partial charge in [0.05, 0.1) is 5.69 Å². The van der Waals surface area contributed by atoms with Crippen LogP contribution in [0, 0.1) is 0 Å². The lowest BCUT2D eigenvalue weighted by Crippen LogP contribution is -2.57. The lowest BCUT2D eigenvalue weighted by molar-refractivity contribution is 0.107. The molecule has 152 valence electrons. The summed E-state index contributed by atoms with van der Waals surface area (Å²) in [5.74, 6) is 4.60. The van der Waals surface area contributed by atoms with Crippen molar-refractivity contribution in [2.24, 2.45) is 4.99 Å². The number of thioether (sulfide) groups is 1. The van der Waals surface area contributed by atoms with Crippen LogP contribution in [0.5, 0.6) is 0 Å². The van der Waals surface area contributed by atoms with E-state index in [4.69, 9.17) is 9.52 Å². The second kappa shape index (κ2) is 9.82. The molecule has 2 fully saturated rings. The minimum absolute atomic E-state index is 0.300. The molecule has 0 amide bonds. The maximum absolute atomic E-state index is 5.42. The van der Waals surface area contributed by atoms with Crippen molar-refractivity contribution in [2.75, 3.05) is 37.7 Å². The summed E-state index contributed by atoms with van der Waals surface area (Å²) in [6, 6.07) is 2.02. The van der Waals surface area contributed by atoms with Gasteiger partial charge < -0.3 is 15.2 Å². The number of aliphatic imine (C=N–C) groups is 1. The molecule has 0 unspecified atom stereocenters. The van der Waals surface area contributed by atoms with Gasteiger partial charge in [0.1, 0.15) is 6.54 Å². The van der Waals surface area contributed by atoms with E-state index in [0.717, 1.165) is 30.5 Å². The van der Waals surface area contributed by atoms with Gasteiger partial charge in [0.15, 0.2) is 11.7 Å². The van der Waals surface area contributed by atoms with Crippen molar-refractivity contribution in [2.45, 2.75) is 64.5 Å². The van der Waals surface area contributed by atoms with Gasteiger partial charge in [-0.3, -0.25) is 4.90 Å². The average molecular weight is 394 g/mol. The number of hydrogen-bond donors (Lipinski definition) is 2. The number of nitrogens with zero attached hydrogens (tertiary/aromatic N) is 3. The summed E-state index contributed by atoms with van der Waals surface area (Å²) in [5, 5.41) is 11.1. The van der Waals surface area contributed by atoms with Gasteiger partial charge in [0.25, 0.3) is 0 Å². The summed E-state index contributed by atoms with van der Waals surface area (Å²) in [5.41, 5.74) is 1.29. The Labute approximate surface area is 167 Å². The molecule has 0 bridgehead atoms. The van der Waals surface area contributed by atoms with Crippen molar-refractivity contribution >= 4 is 17.7 Å². The Morgan fingerprint density at radius 3 is 2.67 bits per heavy atom. The Kier molecular flexibility index (Phi) is 7.47. The van der Waals surface area contributed by atoms with E-state index in [-0.39, 0.29) is 0 Å². The zero-order valence-corrected chi connectivity index (χ0v) is 17.9. The first kappa shape index (κ1) is 20.5. The maximum Gasteiger partial charge on any atom is 0.191 e. The maximum atomic E-state index is 5.42. The summed E-state index contributed by atoms with van der Waals surface area (Å²) >= 11 is 2.08. The van der Waals surface area contributed by atoms with Gasteiger partial charge in [-0.1, -0.05) is 31.8 Å². The average Bonchev–Trinajstić information content (AvgIpc) is 3.35. The third-order valence-corrected chi connectivity index (χ3v) is 6.65. The molecule has 1 aliphatic heterocycles. The Balaban J connectivity index is 1.61. The molecule has 1 aliphatic carbocycles. The summed E-state index contributed by atoms with van der Waals surface area (Å²) < 4.78 is 5.42. The molecule has 3 rings (SSSR count). The molecule has 1 aromatic rings. The SMILES string of the molecule is CCNC(=NCc1cc(C(C)C)no1)NCC1(N2CCSCC2)CCCC1. The van der Waals surface area contributed by atoms with Crippen LogP contribution >= 0.6 is 11.8 Å². The monoisotopic (exact) mass is 393 g/mol. The van der Waals surface area contributed by atoms with E-state index < -0.39 is 0 Å². The quantitative estimate of drug-likeness (QED) is 0.548. The summed E-state index contributed by atoms with van der Waals surface area (Å²) in [6.45, 7) is 11.1. The number of nitrogens with one attached hydrogen (secondary N) is 2. The Morgan fingerprint density at radius 2 is 2.04 bits per heavy atom. The Morgan fingerprint density at radius 1 is 1.30 bits per heavy atom. The van der Waals surface area contributed by atoms with Crippen LogP contribution in [0.25, 0.3) is 0 Å². The molecule has 2 aliphatic rings. The molecule has 27 heavy (non-hydrogen) atoms. The number of rotatable bonds is 7. The van der Waals surface area contributed by atoms with Gasteiger partial charge >= 0.3 is 0 Å². The van der Waals surface area contributed by atoms with E-state index >= 15 is 0 Å². The standard InChI is InChI=1S/C20H35N5OS/c1-4-21-19(22-14-17-13-18(16(2)3)24-26-17)23-15-20(7-5-6-8-20)25-9-11-27-12-10-25/h13,16H,4-12,14-15H2,1-3H3,(H2,21,22,23). The van der Waals surface area contributed by atoms with Crippen LogP contribution in [0.3, 0.4) is 0 Å². The summed E-state index contributed by atoms with van der Waals surface area (Å²) in [4.78, 5) is 7.47. The predicted octanol–water partition coefficient (Wildman–Crippen LogP) is 3.21. The molecule has 1 saturated heterocycles. The van der Waals surface area contributed by atoms with Gasteiger partial charge in [-0.05, 0) is 25.7 Å². The van der Waals surface area contributed by atoms with Gasteiger partial charge in [-0.2, -0.15) is 11.8 Å². The fourth-order valence-electron chi connectivity index (χ4n) is 4.10. The number of aromatic nitrogens is 1. The molecule has 0 aromatic carbocycles. The lowest BCUT2D eigenvalue weighted by Gasteiger charge is -2.43. The van der Waals surface area contributed by atoms with Crippen LogP contribution in [0.4, 0.5) is 0 Å². The summed E-state index contributed by atoms with van der Waals surface area (Å²) in [7, 11) is 0. The third-order valence-electron chi connectivity index (χ3n) is 5.71. The van der Waals surface area contributed by atoms with Crippen LogP contribution in [-0.2, 0) is 6.54 Å². The molecule has 0 atom stereocenters. The second-order valence-electron chi connectivity index (χ2n) is 7.95. The summed E-state index contributed by atoms with van der Waals surface area (Å²) in [6.07, 6.45) is 5.28. The van der Waals surface area contributed by atoms with Crippen LogP contribution in [0.1, 0.15) is 63.8 Å². The van der Waals surface area contributed by atoms with Crippen molar-refractivity contribution in [1.82, 2.24) is 20.7 Å². The normalized spacial score (nSPS) is 21.0. The van der Waals surface area contributed by atoms with Crippen LogP contribution in [0.15, 0.2) is 15.6 Å². The van der Waals surface area contributed by atoms with Crippen molar-refractivity contribution in [3.8, 4) is 0 Å². The molecule has 7 heteroatoms. The van der Waals surface area contributed by atoms with Crippen LogP contribution < -0.4 is 10.6 Å². The van der Waals surface area contributed by atoms with Crippen LogP contribution in [-0.4, -0.2) is 59.2 Å². The highest BCUT2D eigenvalue weighted by Crippen LogP contribution is 2.36. The van der Waals surface area contributed by atoms with E-state index in [1.807, 2.05) is 6.07 Å². The Bertz CT molecular complexity index is 603. The van der Waals surface area contributed by atoms with E-state index in [2.05, 4.69) is 53.2 Å². The van der Waals surface area contributed by atoms with Gasteiger partial charge in [-0.15, -0.1) is 0 Å². The van der Waals surface area contributed by atoms with E-state index in [9.17, 15) is 0 Å². The highest BCUT2D eigenvalue weighted by molar-refractivity contribution is 7.99. The molecule has 1 saturated carbocycles. The van der Waals surface area contributed by atoms with Gasteiger partial charge in [0.2, 0.25) is 0 Å². The molecule has 2 N–H and O–H groups in total. The van der Waals surface area contributed by atoms with E-state index in [1.54, 1.807) is 0 Å². The molecule has 1 aromatic heterocycles. The molecule has 0 spiro atoms. The predicted molar refractivity (Wildman–Crippen MR) is 114 cm³/mol. The third kappa shape index (κ3) is 5.41.